The molecule has 0 saturated carbocycles. The minimum Gasteiger partial charge on any atom is -0.462 e. The summed E-state index contributed by atoms with van der Waals surface area (Å²) >= 11 is 0. The second-order valence-electron chi connectivity index (χ2n) is 10.5. The van der Waals surface area contributed by atoms with Crippen molar-refractivity contribution in [1.82, 2.24) is 4.98 Å². The molecule has 43 heavy (non-hydrogen) atoms. The molecular weight excluding hydrogens is 550 g/mol. The highest BCUT2D eigenvalue weighted by molar-refractivity contribution is 5.90. The number of para-hydroxylation sites is 1. The molecule has 9 heteroatoms. The number of carbonyl (C=O) groups excluding carboxylic acids is 4. The molecule has 0 bridgehead atoms. The summed E-state index contributed by atoms with van der Waals surface area (Å²) in [5, 5.41) is 0.985. The van der Waals surface area contributed by atoms with Crippen molar-refractivity contribution >= 4 is 34.8 Å². The Kier molecular flexibility index (Phi) is 10.1. The Morgan fingerprint density at radius 1 is 0.698 bits per heavy atom. The smallest absolute Gasteiger partial charge is 0.333 e. The van der Waals surface area contributed by atoms with Gasteiger partial charge in [-0.05, 0) is 49.9 Å². The molecule has 1 heterocycles. The van der Waals surface area contributed by atoms with Crippen LogP contribution in [0.1, 0.15) is 50.8 Å². The number of pyridine rings is 1. The molecule has 3 aromatic rings. The maximum absolute atomic E-state index is 12.8. The van der Waals surface area contributed by atoms with Crippen LogP contribution in [-0.4, -0.2) is 55.3 Å². The number of esters is 4. The van der Waals surface area contributed by atoms with Crippen LogP contribution in [-0.2, 0) is 43.5 Å². The van der Waals surface area contributed by atoms with Crippen molar-refractivity contribution in [1.29, 1.82) is 0 Å². The number of carbonyl (C=O) groups is 4. The monoisotopic (exact) mass is 585 g/mol. The van der Waals surface area contributed by atoms with Gasteiger partial charge in [-0.1, -0.05) is 55.6 Å². The van der Waals surface area contributed by atoms with E-state index < -0.39 is 29.3 Å². The Morgan fingerprint density at radius 3 is 1.79 bits per heavy atom. The van der Waals surface area contributed by atoms with Crippen molar-refractivity contribution < 1.29 is 38.1 Å². The number of rotatable bonds is 14. The first-order chi connectivity index (χ1) is 20.6. The molecule has 4 rings (SSSR count). The van der Waals surface area contributed by atoms with Crippen molar-refractivity contribution in [2.75, 3.05) is 26.4 Å². The number of fused-ring (bicyclic) bond motifs is 4. The minimum atomic E-state index is -0.771. The van der Waals surface area contributed by atoms with Gasteiger partial charge >= 0.3 is 23.9 Å². The first-order valence-corrected chi connectivity index (χ1v) is 14.1. The number of hydrogen-bond donors (Lipinski definition) is 0. The van der Waals surface area contributed by atoms with Gasteiger partial charge in [0.05, 0.1) is 11.2 Å². The predicted molar refractivity (Wildman–Crippen MR) is 160 cm³/mol. The first kappa shape index (κ1) is 31.2. The Morgan fingerprint density at radius 2 is 1.21 bits per heavy atom. The molecule has 2 aromatic carbocycles. The molecule has 0 amide bonds. The molecule has 0 unspecified atom stereocenters. The van der Waals surface area contributed by atoms with Gasteiger partial charge in [0.2, 0.25) is 0 Å². The maximum atomic E-state index is 12.8. The SMILES string of the molecule is C=C(C)C(=O)OCCOC(=O)CCC1(CCC(=O)OCCOC(=O)C(=C)C)c2ccccc2-c2cc3ccccc3nc21. The van der Waals surface area contributed by atoms with E-state index in [4.69, 9.17) is 23.9 Å². The van der Waals surface area contributed by atoms with Crippen LogP contribution >= 0.6 is 0 Å². The number of benzene rings is 2. The van der Waals surface area contributed by atoms with Gasteiger partial charge in [0.1, 0.15) is 26.4 Å². The second kappa shape index (κ2) is 13.9. The zero-order valence-electron chi connectivity index (χ0n) is 24.5. The van der Waals surface area contributed by atoms with E-state index >= 15 is 0 Å². The molecule has 0 atom stereocenters. The van der Waals surface area contributed by atoms with Crippen LogP contribution in [0.2, 0.25) is 0 Å². The fraction of sp³-hybridized carbons (Fsp3) is 0.324. The lowest BCUT2D eigenvalue weighted by atomic mass is 9.73. The lowest BCUT2D eigenvalue weighted by molar-refractivity contribution is -0.150. The van der Waals surface area contributed by atoms with E-state index in [0.29, 0.717) is 12.8 Å². The predicted octanol–water partition coefficient (Wildman–Crippen LogP) is 5.39. The van der Waals surface area contributed by atoms with Crippen molar-refractivity contribution in [3.63, 3.8) is 0 Å². The van der Waals surface area contributed by atoms with Gasteiger partial charge in [0.25, 0.3) is 0 Å². The number of ether oxygens (including phenoxy) is 4. The summed E-state index contributed by atoms with van der Waals surface area (Å²) < 4.78 is 20.7. The van der Waals surface area contributed by atoms with Gasteiger partial charge in [-0.2, -0.15) is 0 Å². The molecule has 0 saturated heterocycles. The lowest BCUT2D eigenvalue weighted by Gasteiger charge is -2.31. The van der Waals surface area contributed by atoms with E-state index in [2.05, 4.69) is 19.2 Å². The lowest BCUT2D eigenvalue weighted by Crippen LogP contribution is -2.29. The third kappa shape index (κ3) is 7.35. The molecule has 0 N–H and O–H groups in total. The van der Waals surface area contributed by atoms with Gasteiger partial charge in [-0.25, -0.2) is 9.59 Å². The topological polar surface area (TPSA) is 118 Å². The minimum absolute atomic E-state index is 0.0443. The van der Waals surface area contributed by atoms with Crippen LogP contribution in [0, 0.1) is 0 Å². The molecule has 0 spiro atoms. The van der Waals surface area contributed by atoms with E-state index in [1.165, 1.54) is 13.8 Å². The molecule has 0 radical (unpaired) electrons. The van der Waals surface area contributed by atoms with E-state index in [-0.39, 0.29) is 50.4 Å². The van der Waals surface area contributed by atoms with Crippen LogP contribution in [0.4, 0.5) is 0 Å². The van der Waals surface area contributed by atoms with Crippen LogP contribution in [0.5, 0.6) is 0 Å². The molecule has 1 aliphatic carbocycles. The fourth-order valence-electron chi connectivity index (χ4n) is 5.18. The van der Waals surface area contributed by atoms with Crippen molar-refractivity contribution in [2.45, 2.75) is 44.9 Å². The summed E-state index contributed by atoms with van der Waals surface area (Å²) in [5.41, 5.74) is 4.27. The molecular formula is C34H35NO8. The van der Waals surface area contributed by atoms with Gasteiger partial charge in [-0.15, -0.1) is 0 Å². The third-order valence-corrected chi connectivity index (χ3v) is 7.28. The zero-order valence-corrected chi connectivity index (χ0v) is 24.5. The number of aromatic nitrogens is 1. The second-order valence-corrected chi connectivity index (χ2v) is 10.5. The number of hydrogen-bond acceptors (Lipinski definition) is 9. The van der Waals surface area contributed by atoms with E-state index in [0.717, 1.165) is 33.3 Å². The zero-order chi connectivity index (χ0) is 31.0. The summed E-state index contributed by atoms with van der Waals surface area (Å²) in [5.74, 6) is -2.01. The summed E-state index contributed by atoms with van der Waals surface area (Å²) in [6.07, 6.45) is 0.748. The van der Waals surface area contributed by atoms with Crippen LogP contribution in [0.15, 0.2) is 78.9 Å². The quantitative estimate of drug-likeness (QED) is 0.106. The fourth-order valence-corrected chi connectivity index (χ4v) is 5.18. The molecule has 0 aliphatic heterocycles. The highest BCUT2D eigenvalue weighted by Crippen LogP contribution is 2.53. The van der Waals surface area contributed by atoms with Crippen LogP contribution < -0.4 is 0 Å². The van der Waals surface area contributed by atoms with Crippen molar-refractivity contribution in [3.05, 3.63) is 90.2 Å². The molecule has 0 fully saturated rings. The average molecular weight is 586 g/mol. The molecule has 9 nitrogen and oxygen atoms in total. The maximum Gasteiger partial charge on any atom is 0.333 e. The highest BCUT2D eigenvalue weighted by atomic mass is 16.6. The van der Waals surface area contributed by atoms with Gasteiger partial charge in [0, 0.05) is 40.4 Å². The summed E-state index contributed by atoms with van der Waals surface area (Å²) in [7, 11) is 0. The number of nitrogens with zero attached hydrogens (tertiary/aromatic N) is 1. The van der Waals surface area contributed by atoms with E-state index in [9.17, 15) is 19.2 Å². The highest BCUT2D eigenvalue weighted by Gasteiger charge is 2.45. The van der Waals surface area contributed by atoms with Gasteiger partial charge in [-0.3, -0.25) is 14.6 Å². The third-order valence-electron chi connectivity index (χ3n) is 7.28. The Balaban J connectivity index is 1.54. The van der Waals surface area contributed by atoms with Crippen molar-refractivity contribution in [2.24, 2.45) is 0 Å². The van der Waals surface area contributed by atoms with Gasteiger partial charge in [0.15, 0.2) is 0 Å². The average Bonchev–Trinajstić information content (AvgIpc) is 3.26. The van der Waals surface area contributed by atoms with Crippen molar-refractivity contribution in [3.8, 4) is 11.1 Å². The van der Waals surface area contributed by atoms with E-state index in [1.807, 2.05) is 48.5 Å². The molecule has 1 aliphatic rings. The summed E-state index contributed by atoms with van der Waals surface area (Å²) in [4.78, 5) is 53.9. The van der Waals surface area contributed by atoms with Crippen LogP contribution in [0.3, 0.4) is 0 Å². The van der Waals surface area contributed by atoms with Crippen LogP contribution in [0.25, 0.3) is 22.0 Å². The Labute approximate surface area is 250 Å². The molecule has 224 valence electrons. The summed E-state index contributed by atoms with van der Waals surface area (Å²) in [6, 6.07) is 17.8. The Hall–Kier alpha value is -4.79. The first-order valence-electron chi connectivity index (χ1n) is 14.1. The normalized spacial score (nSPS) is 12.5. The van der Waals surface area contributed by atoms with E-state index in [1.54, 1.807) is 0 Å². The summed E-state index contributed by atoms with van der Waals surface area (Å²) in [6.45, 7) is 9.82. The standard InChI is InChI=1S/C34H35NO8/c1-22(2)32(38)42-19-17-40-29(36)13-15-34(16-14-30(37)41-18-20-43-33(39)23(3)4)27-11-7-6-10-25(27)26-21-24-9-5-8-12-28(24)35-31(26)34/h5-12,21H,1,3,13-20H2,2,4H3. The Bertz CT molecular complexity index is 1520. The molecule has 1 aromatic heterocycles. The largest absolute Gasteiger partial charge is 0.462 e. The van der Waals surface area contributed by atoms with Gasteiger partial charge < -0.3 is 18.9 Å².